The highest BCUT2D eigenvalue weighted by Crippen LogP contribution is 2.14. The molecule has 2 rings (SSSR count). The molecular weight excluding hydrogens is 179 g/mol. The first kappa shape index (κ1) is 10.7. The fraction of sp³-hybridized carbons (Fsp3) is 0.364. The summed E-state index contributed by atoms with van der Waals surface area (Å²) < 4.78 is 14.6. The standard InChI is InChI=1S/C9H9FN2.C2H6/c1-2-12-9-4-3-8(10)5-7(9)6-11-12;1-2/h3-6H,2H2,1H3;1-2H3. The second-order valence-corrected chi connectivity index (χ2v) is 2.66. The fourth-order valence-corrected chi connectivity index (χ4v) is 1.31. The van der Waals surface area contributed by atoms with Crippen molar-refractivity contribution in [2.24, 2.45) is 0 Å². The molecule has 76 valence electrons. The molecule has 0 aliphatic heterocycles. The number of hydrogen-bond acceptors (Lipinski definition) is 1. The van der Waals surface area contributed by atoms with Crippen LogP contribution in [0.1, 0.15) is 20.8 Å². The van der Waals surface area contributed by atoms with Crippen molar-refractivity contribution in [3.63, 3.8) is 0 Å². The lowest BCUT2D eigenvalue weighted by atomic mass is 10.2. The Bertz CT molecular complexity index is 407. The monoisotopic (exact) mass is 194 g/mol. The van der Waals surface area contributed by atoms with Gasteiger partial charge in [0.05, 0.1) is 11.7 Å². The van der Waals surface area contributed by atoms with Gasteiger partial charge in [-0.3, -0.25) is 4.68 Å². The molecule has 0 saturated heterocycles. The van der Waals surface area contributed by atoms with Crippen molar-refractivity contribution in [2.75, 3.05) is 0 Å². The Labute approximate surface area is 83.4 Å². The van der Waals surface area contributed by atoms with Gasteiger partial charge in [0.15, 0.2) is 0 Å². The van der Waals surface area contributed by atoms with Gasteiger partial charge in [-0.15, -0.1) is 0 Å². The Balaban J connectivity index is 0.000000461. The quantitative estimate of drug-likeness (QED) is 0.681. The van der Waals surface area contributed by atoms with E-state index in [1.165, 1.54) is 12.1 Å². The first-order chi connectivity index (χ1) is 6.81. The molecule has 0 saturated carbocycles. The summed E-state index contributed by atoms with van der Waals surface area (Å²) in [7, 11) is 0. The largest absolute Gasteiger partial charge is 0.265 e. The molecule has 0 aliphatic rings. The summed E-state index contributed by atoms with van der Waals surface area (Å²) in [6.07, 6.45) is 1.68. The highest BCUT2D eigenvalue weighted by atomic mass is 19.1. The molecule has 0 bridgehead atoms. The van der Waals surface area contributed by atoms with Crippen LogP contribution in [0.3, 0.4) is 0 Å². The molecule has 0 fully saturated rings. The van der Waals surface area contributed by atoms with Crippen molar-refractivity contribution in [2.45, 2.75) is 27.3 Å². The molecule has 1 heterocycles. The lowest BCUT2D eigenvalue weighted by molar-refractivity contribution is 0.629. The van der Waals surface area contributed by atoms with Crippen LogP contribution in [0, 0.1) is 5.82 Å². The number of halogens is 1. The molecule has 1 aromatic heterocycles. The van der Waals surface area contributed by atoms with Crippen molar-refractivity contribution in [1.82, 2.24) is 9.78 Å². The van der Waals surface area contributed by atoms with E-state index in [9.17, 15) is 4.39 Å². The summed E-state index contributed by atoms with van der Waals surface area (Å²) in [5, 5.41) is 4.96. The summed E-state index contributed by atoms with van der Waals surface area (Å²) in [5.41, 5.74) is 0.985. The first-order valence-electron chi connectivity index (χ1n) is 4.92. The van der Waals surface area contributed by atoms with Gasteiger partial charge in [-0.2, -0.15) is 5.10 Å². The zero-order chi connectivity index (χ0) is 10.6. The minimum atomic E-state index is -0.210. The maximum Gasteiger partial charge on any atom is 0.124 e. The molecule has 2 aromatic rings. The molecule has 0 atom stereocenters. The Morgan fingerprint density at radius 2 is 2.07 bits per heavy atom. The molecule has 14 heavy (non-hydrogen) atoms. The summed E-state index contributed by atoms with van der Waals surface area (Å²) in [5.74, 6) is -0.210. The van der Waals surface area contributed by atoms with E-state index in [1.807, 2.05) is 25.5 Å². The SMILES string of the molecule is CC.CCn1ncc2cc(F)ccc21. The van der Waals surface area contributed by atoms with Gasteiger partial charge in [0.2, 0.25) is 0 Å². The molecule has 2 nitrogen and oxygen atoms in total. The molecular formula is C11H15FN2. The minimum absolute atomic E-state index is 0.210. The average molecular weight is 194 g/mol. The zero-order valence-electron chi connectivity index (χ0n) is 8.79. The highest BCUT2D eigenvalue weighted by Gasteiger charge is 2.00. The van der Waals surface area contributed by atoms with Crippen LogP contribution < -0.4 is 0 Å². The average Bonchev–Trinajstić information content (AvgIpc) is 2.62. The van der Waals surface area contributed by atoms with E-state index >= 15 is 0 Å². The van der Waals surface area contributed by atoms with Gasteiger partial charge in [-0.1, -0.05) is 13.8 Å². The van der Waals surface area contributed by atoms with Crippen LogP contribution >= 0.6 is 0 Å². The molecule has 0 unspecified atom stereocenters. The molecule has 0 spiro atoms. The van der Waals surface area contributed by atoms with E-state index in [4.69, 9.17) is 0 Å². The molecule has 0 N–H and O–H groups in total. The number of aryl methyl sites for hydroxylation is 1. The molecule has 0 radical (unpaired) electrons. The van der Waals surface area contributed by atoms with Crippen molar-refractivity contribution in [1.29, 1.82) is 0 Å². The first-order valence-corrected chi connectivity index (χ1v) is 4.92. The van der Waals surface area contributed by atoms with Crippen LogP contribution in [0.4, 0.5) is 4.39 Å². The summed E-state index contributed by atoms with van der Waals surface area (Å²) in [6, 6.07) is 4.70. The van der Waals surface area contributed by atoms with Crippen LogP contribution in [-0.4, -0.2) is 9.78 Å². The lowest BCUT2D eigenvalue weighted by Crippen LogP contribution is -1.94. The Hall–Kier alpha value is -1.38. The third-order valence-corrected chi connectivity index (χ3v) is 1.90. The van der Waals surface area contributed by atoms with Gasteiger partial charge >= 0.3 is 0 Å². The minimum Gasteiger partial charge on any atom is -0.265 e. The lowest BCUT2D eigenvalue weighted by Gasteiger charge is -1.96. The van der Waals surface area contributed by atoms with E-state index in [-0.39, 0.29) is 5.82 Å². The fourth-order valence-electron chi connectivity index (χ4n) is 1.31. The molecule has 3 heteroatoms. The second kappa shape index (κ2) is 4.74. The zero-order valence-corrected chi connectivity index (χ0v) is 8.79. The van der Waals surface area contributed by atoms with Crippen LogP contribution in [0.15, 0.2) is 24.4 Å². The van der Waals surface area contributed by atoms with Gasteiger partial charge in [0, 0.05) is 11.9 Å². The number of benzene rings is 1. The van der Waals surface area contributed by atoms with Gasteiger partial charge in [-0.05, 0) is 25.1 Å². The van der Waals surface area contributed by atoms with Crippen LogP contribution in [-0.2, 0) is 6.54 Å². The van der Waals surface area contributed by atoms with Crippen LogP contribution in [0.2, 0.25) is 0 Å². The topological polar surface area (TPSA) is 17.8 Å². The smallest absolute Gasteiger partial charge is 0.124 e. The number of hydrogen-bond donors (Lipinski definition) is 0. The summed E-state index contributed by atoms with van der Waals surface area (Å²) >= 11 is 0. The Kier molecular flexibility index (Phi) is 3.63. The van der Waals surface area contributed by atoms with Crippen molar-refractivity contribution >= 4 is 10.9 Å². The van der Waals surface area contributed by atoms with Crippen molar-refractivity contribution in [3.05, 3.63) is 30.2 Å². The van der Waals surface area contributed by atoms with Gasteiger partial charge in [0.25, 0.3) is 0 Å². The second-order valence-electron chi connectivity index (χ2n) is 2.66. The molecule has 1 aromatic carbocycles. The van der Waals surface area contributed by atoms with Gasteiger partial charge in [0.1, 0.15) is 5.82 Å². The number of nitrogens with zero attached hydrogens (tertiary/aromatic N) is 2. The third-order valence-electron chi connectivity index (χ3n) is 1.90. The maximum atomic E-state index is 12.7. The number of fused-ring (bicyclic) bond motifs is 1. The molecule has 0 amide bonds. The summed E-state index contributed by atoms with van der Waals surface area (Å²) in [4.78, 5) is 0. The van der Waals surface area contributed by atoms with E-state index in [2.05, 4.69) is 5.10 Å². The summed E-state index contributed by atoms with van der Waals surface area (Å²) in [6.45, 7) is 6.82. The van der Waals surface area contributed by atoms with Crippen LogP contribution in [0.25, 0.3) is 10.9 Å². The predicted molar refractivity (Wildman–Crippen MR) is 56.7 cm³/mol. The van der Waals surface area contributed by atoms with Crippen molar-refractivity contribution < 1.29 is 4.39 Å². The van der Waals surface area contributed by atoms with Gasteiger partial charge < -0.3 is 0 Å². The van der Waals surface area contributed by atoms with E-state index in [0.29, 0.717) is 0 Å². The number of rotatable bonds is 1. The van der Waals surface area contributed by atoms with E-state index < -0.39 is 0 Å². The van der Waals surface area contributed by atoms with Crippen LogP contribution in [0.5, 0.6) is 0 Å². The van der Waals surface area contributed by atoms with Crippen molar-refractivity contribution in [3.8, 4) is 0 Å². The van der Waals surface area contributed by atoms with Gasteiger partial charge in [-0.25, -0.2) is 4.39 Å². The van der Waals surface area contributed by atoms with E-state index in [0.717, 1.165) is 17.4 Å². The molecule has 0 aliphatic carbocycles. The van der Waals surface area contributed by atoms with E-state index in [1.54, 1.807) is 12.3 Å². The highest BCUT2D eigenvalue weighted by molar-refractivity contribution is 5.78. The third kappa shape index (κ3) is 1.92. The number of aromatic nitrogens is 2. The normalized spacial score (nSPS) is 9.71. The Morgan fingerprint density at radius 1 is 1.36 bits per heavy atom. The predicted octanol–water partition coefficient (Wildman–Crippen LogP) is 3.22. The Morgan fingerprint density at radius 3 is 2.71 bits per heavy atom. The maximum absolute atomic E-state index is 12.7.